The molecule has 7 heteroatoms. The van der Waals surface area contributed by atoms with Crippen molar-refractivity contribution >= 4 is 11.5 Å². The number of aromatic nitrogens is 3. The van der Waals surface area contributed by atoms with E-state index in [0.717, 1.165) is 41.4 Å². The van der Waals surface area contributed by atoms with Crippen molar-refractivity contribution in [3.8, 4) is 17.1 Å². The van der Waals surface area contributed by atoms with E-state index in [-0.39, 0.29) is 5.69 Å². The number of hydrogen-bond donors (Lipinski definition) is 1. The van der Waals surface area contributed by atoms with E-state index in [4.69, 9.17) is 0 Å². The quantitative estimate of drug-likeness (QED) is 0.594. The predicted molar refractivity (Wildman–Crippen MR) is 85.6 cm³/mol. The van der Waals surface area contributed by atoms with Crippen molar-refractivity contribution in [2.24, 2.45) is 0 Å². The molecule has 0 saturated heterocycles. The van der Waals surface area contributed by atoms with Gasteiger partial charge in [-0.15, -0.1) is 0 Å². The molecule has 114 valence electrons. The average Bonchev–Trinajstić information content (AvgIpc) is 3.18. The van der Waals surface area contributed by atoms with Crippen LogP contribution in [0.2, 0.25) is 0 Å². The normalized spacial score (nSPS) is 12.7. The third kappa shape index (κ3) is 2.22. The van der Waals surface area contributed by atoms with Crippen LogP contribution >= 0.6 is 0 Å². The Bertz CT molecular complexity index is 871. The van der Waals surface area contributed by atoms with Crippen LogP contribution in [0.5, 0.6) is 0 Å². The van der Waals surface area contributed by atoms with Gasteiger partial charge in [0.25, 0.3) is 5.69 Å². The molecule has 1 aliphatic heterocycles. The molecule has 0 fully saturated rings. The van der Waals surface area contributed by atoms with Crippen LogP contribution in [0.1, 0.15) is 5.56 Å². The molecule has 0 bridgehead atoms. The maximum atomic E-state index is 10.8. The van der Waals surface area contributed by atoms with E-state index >= 15 is 0 Å². The number of nitro benzene ring substituents is 1. The number of hydrogen-bond acceptors (Lipinski definition) is 5. The average molecular weight is 307 g/mol. The van der Waals surface area contributed by atoms with Crippen LogP contribution in [-0.2, 0) is 6.42 Å². The van der Waals surface area contributed by atoms with Crippen molar-refractivity contribution in [1.29, 1.82) is 0 Å². The molecule has 0 atom stereocenters. The summed E-state index contributed by atoms with van der Waals surface area (Å²) in [5.74, 6) is 0.930. The molecule has 0 aliphatic carbocycles. The zero-order valence-corrected chi connectivity index (χ0v) is 12.1. The lowest BCUT2D eigenvalue weighted by Gasteiger charge is -2.05. The molecule has 0 radical (unpaired) electrons. The molecule has 1 N–H and O–H groups in total. The number of benzene rings is 1. The second-order valence-electron chi connectivity index (χ2n) is 5.25. The summed E-state index contributed by atoms with van der Waals surface area (Å²) in [5.41, 5.74) is 3.65. The highest BCUT2D eigenvalue weighted by Gasteiger charge is 2.24. The van der Waals surface area contributed by atoms with Crippen molar-refractivity contribution in [3.63, 3.8) is 0 Å². The summed E-state index contributed by atoms with van der Waals surface area (Å²) in [5, 5.41) is 18.8. The fourth-order valence-corrected chi connectivity index (χ4v) is 2.79. The smallest absolute Gasteiger partial charge is 0.269 e. The summed E-state index contributed by atoms with van der Waals surface area (Å²) < 4.78 is 1.79. The summed E-state index contributed by atoms with van der Waals surface area (Å²) in [7, 11) is 0. The zero-order valence-electron chi connectivity index (χ0n) is 12.1. The monoisotopic (exact) mass is 307 g/mol. The highest BCUT2D eigenvalue weighted by molar-refractivity contribution is 5.70. The Hall–Kier alpha value is -3.22. The first kappa shape index (κ1) is 13.4. The lowest BCUT2D eigenvalue weighted by atomic mass is 10.1. The molecule has 7 nitrogen and oxygen atoms in total. The van der Waals surface area contributed by atoms with Crippen LogP contribution in [0.4, 0.5) is 11.5 Å². The molecule has 2 aromatic heterocycles. The van der Waals surface area contributed by atoms with Gasteiger partial charge in [-0.1, -0.05) is 6.07 Å². The van der Waals surface area contributed by atoms with Gasteiger partial charge in [0, 0.05) is 30.4 Å². The topological polar surface area (TPSA) is 85.9 Å². The molecular formula is C16H13N5O2. The van der Waals surface area contributed by atoms with E-state index in [2.05, 4.69) is 15.4 Å². The number of anilines is 1. The van der Waals surface area contributed by atoms with Gasteiger partial charge in [0.2, 0.25) is 0 Å². The Kier molecular flexibility index (Phi) is 3.04. The minimum absolute atomic E-state index is 0.0652. The third-order valence-electron chi connectivity index (χ3n) is 3.86. The van der Waals surface area contributed by atoms with Crippen LogP contribution in [0, 0.1) is 10.1 Å². The molecule has 3 aromatic rings. The summed E-state index contributed by atoms with van der Waals surface area (Å²) in [6, 6.07) is 12.1. The van der Waals surface area contributed by atoms with E-state index in [1.807, 2.05) is 18.2 Å². The van der Waals surface area contributed by atoms with E-state index in [1.54, 1.807) is 23.0 Å². The Balaban J connectivity index is 1.82. The largest absolute Gasteiger partial charge is 0.369 e. The van der Waals surface area contributed by atoms with Gasteiger partial charge in [-0.05, 0) is 30.7 Å². The minimum Gasteiger partial charge on any atom is -0.369 e. The first-order valence-electron chi connectivity index (χ1n) is 7.26. The first-order chi connectivity index (χ1) is 11.2. The number of fused-ring (bicyclic) bond motifs is 1. The van der Waals surface area contributed by atoms with Crippen molar-refractivity contribution < 1.29 is 4.92 Å². The number of nitrogens with zero attached hydrogens (tertiary/aromatic N) is 4. The Morgan fingerprint density at radius 2 is 2.00 bits per heavy atom. The van der Waals surface area contributed by atoms with Crippen LogP contribution < -0.4 is 5.32 Å². The van der Waals surface area contributed by atoms with E-state index in [1.165, 1.54) is 12.1 Å². The van der Waals surface area contributed by atoms with Crippen LogP contribution in [-0.4, -0.2) is 26.2 Å². The predicted octanol–water partition coefficient (Wildman–Crippen LogP) is 2.81. The Morgan fingerprint density at radius 1 is 1.17 bits per heavy atom. The van der Waals surface area contributed by atoms with Gasteiger partial charge in [0.1, 0.15) is 11.5 Å². The zero-order chi connectivity index (χ0) is 15.8. The molecule has 0 unspecified atom stereocenters. The molecule has 0 amide bonds. The van der Waals surface area contributed by atoms with Crippen molar-refractivity contribution in [1.82, 2.24) is 14.8 Å². The van der Waals surface area contributed by atoms with Gasteiger partial charge in [-0.25, -0.2) is 4.68 Å². The molecular weight excluding hydrogens is 294 g/mol. The highest BCUT2D eigenvalue weighted by atomic mass is 16.6. The molecule has 0 spiro atoms. The van der Waals surface area contributed by atoms with Gasteiger partial charge >= 0.3 is 0 Å². The second kappa shape index (κ2) is 5.20. The van der Waals surface area contributed by atoms with Gasteiger partial charge in [-0.3, -0.25) is 15.1 Å². The summed E-state index contributed by atoms with van der Waals surface area (Å²) >= 11 is 0. The molecule has 3 heterocycles. The van der Waals surface area contributed by atoms with Gasteiger partial charge in [0.05, 0.1) is 16.3 Å². The number of non-ortho nitro benzene ring substituents is 1. The van der Waals surface area contributed by atoms with Crippen molar-refractivity contribution in [2.45, 2.75) is 6.42 Å². The van der Waals surface area contributed by atoms with Crippen LogP contribution in [0.15, 0.2) is 48.7 Å². The van der Waals surface area contributed by atoms with Gasteiger partial charge in [-0.2, -0.15) is 5.10 Å². The SMILES string of the molecule is O=[N+]([O-])c1ccc(-n2nc(-c3ccccn3)c3c2NCC3)cc1. The van der Waals surface area contributed by atoms with E-state index in [0.29, 0.717) is 0 Å². The molecule has 23 heavy (non-hydrogen) atoms. The fraction of sp³-hybridized carbons (Fsp3) is 0.125. The van der Waals surface area contributed by atoms with Gasteiger partial charge in [0.15, 0.2) is 0 Å². The standard InChI is InChI=1S/C16H13N5O2/c22-21(23)12-6-4-11(5-7-12)20-16-13(8-10-18-16)15(19-20)14-3-1-2-9-17-14/h1-7,9,18H,8,10H2. The second-order valence-corrected chi connectivity index (χ2v) is 5.25. The minimum atomic E-state index is -0.408. The number of nitro groups is 1. The fourth-order valence-electron chi connectivity index (χ4n) is 2.79. The van der Waals surface area contributed by atoms with Gasteiger partial charge < -0.3 is 5.32 Å². The van der Waals surface area contributed by atoms with Crippen molar-refractivity contribution in [3.05, 3.63) is 64.3 Å². The molecule has 1 aromatic carbocycles. The Labute approximate surface area is 131 Å². The summed E-state index contributed by atoms with van der Waals surface area (Å²) in [4.78, 5) is 14.8. The maximum absolute atomic E-state index is 10.8. The first-order valence-corrected chi connectivity index (χ1v) is 7.26. The lowest BCUT2D eigenvalue weighted by Crippen LogP contribution is -2.04. The summed E-state index contributed by atoms with van der Waals surface area (Å²) in [6.45, 7) is 0.847. The molecule has 4 rings (SSSR count). The number of nitrogens with one attached hydrogen (secondary N) is 1. The van der Waals surface area contributed by atoms with E-state index in [9.17, 15) is 10.1 Å². The number of rotatable bonds is 3. The Morgan fingerprint density at radius 3 is 2.70 bits per heavy atom. The van der Waals surface area contributed by atoms with Crippen LogP contribution in [0.3, 0.4) is 0 Å². The van der Waals surface area contributed by atoms with E-state index < -0.39 is 4.92 Å². The van der Waals surface area contributed by atoms with Crippen LogP contribution in [0.25, 0.3) is 17.1 Å². The van der Waals surface area contributed by atoms with Crippen molar-refractivity contribution in [2.75, 3.05) is 11.9 Å². The maximum Gasteiger partial charge on any atom is 0.269 e. The summed E-state index contributed by atoms with van der Waals surface area (Å²) in [6.07, 6.45) is 2.63. The highest BCUT2D eigenvalue weighted by Crippen LogP contribution is 2.33. The number of pyridine rings is 1. The molecule has 0 saturated carbocycles. The lowest BCUT2D eigenvalue weighted by molar-refractivity contribution is -0.384. The molecule has 1 aliphatic rings. The third-order valence-corrected chi connectivity index (χ3v) is 3.86.